The molecule has 0 radical (unpaired) electrons. The van der Waals surface area contributed by atoms with Gasteiger partial charge in [0.1, 0.15) is 11.6 Å². The standard InChI is InChI=1S/C21H26N4O/c1-14(2)12-15(22-3)13-23-20-16-8-4-6-10-18(16)24-21(25-20)17-9-5-7-11-19(17)26/h4-11,14-15,22,26H,12-13H2,1-3H3,(H,23,24,25)/t15-/m0/s1. The number of phenolic OH excluding ortho intramolecular Hbond substituents is 1. The van der Waals surface area contributed by atoms with Gasteiger partial charge < -0.3 is 15.7 Å². The summed E-state index contributed by atoms with van der Waals surface area (Å²) in [5, 5.41) is 18.0. The molecule has 0 saturated carbocycles. The number of anilines is 1. The van der Waals surface area contributed by atoms with Crippen LogP contribution in [0, 0.1) is 5.92 Å². The summed E-state index contributed by atoms with van der Waals surface area (Å²) in [6, 6.07) is 15.4. The SMILES string of the molecule is CN[C@H](CNc1nc(-c2ccccc2O)nc2ccccc12)CC(C)C. The van der Waals surface area contributed by atoms with Gasteiger partial charge in [-0.2, -0.15) is 0 Å². The number of benzene rings is 2. The van der Waals surface area contributed by atoms with Gasteiger partial charge in [0.15, 0.2) is 5.82 Å². The predicted molar refractivity (Wildman–Crippen MR) is 107 cm³/mol. The lowest BCUT2D eigenvalue weighted by atomic mass is 10.0. The first-order chi connectivity index (χ1) is 12.6. The molecule has 5 nitrogen and oxygen atoms in total. The largest absolute Gasteiger partial charge is 0.507 e. The van der Waals surface area contributed by atoms with Crippen molar-refractivity contribution in [3.8, 4) is 17.1 Å². The first kappa shape index (κ1) is 18.1. The van der Waals surface area contributed by atoms with Crippen LogP contribution in [0.2, 0.25) is 0 Å². The molecule has 0 bridgehead atoms. The van der Waals surface area contributed by atoms with Crippen molar-refractivity contribution in [1.82, 2.24) is 15.3 Å². The molecular formula is C21H26N4O. The van der Waals surface area contributed by atoms with Gasteiger partial charge in [0, 0.05) is 18.0 Å². The number of nitrogens with zero attached hydrogens (tertiary/aromatic N) is 2. The number of hydrogen-bond donors (Lipinski definition) is 3. The second kappa shape index (κ2) is 8.15. The van der Waals surface area contributed by atoms with E-state index in [0.717, 1.165) is 29.7 Å². The third-order valence-corrected chi connectivity index (χ3v) is 4.43. The van der Waals surface area contributed by atoms with Crippen LogP contribution in [-0.2, 0) is 0 Å². The van der Waals surface area contributed by atoms with Crippen molar-refractivity contribution in [1.29, 1.82) is 0 Å². The highest BCUT2D eigenvalue weighted by atomic mass is 16.3. The van der Waals surface area contributed by atoms with E-state index in [0.29, 0.717) is 23.3 Å². The van der Waals surface area contributed by atoms with Gasteiger partial charge >= 0.3 is 0 Å². The molecule has 2 aromatic carbocycles. The molecule has 0 saturated heterocycles. The minimum absolute atomic E-state index is 0.182. The van der Waals surface area contributed by atoms with Crippen molar-refractivity contribution in [2.45, 2.75) is 26.3 Å². The molecule has 0 aliphatic rings. The molecule has 0 aliphatic carbocycles. The molecule has 1 atom stereocenters. The number of rotatable bonds is 7. The van der Waals surface area contributed by atoms with Crippen LogP contribution >= 0.6 is 0 Å². The Bertz CT molecular complexity index is 879. The van der Waals surface area contributed by atoms with E-state index in [1.807, 2.05) is 43.4 Å². The molecule has 0 unspecified atom stereocenters. The zero-order valence-corrected chi connectivity index (χ0v) is 15.5. The lowest BCUT2D eigenvalue weighted by molar-refractivity contribution is 0.457. The third-order valence-electron chi connectivity index (χ3n) is 4.43. The molecule has 0 aliphatic heterocycles. The van der Waals surface area contributed by atoms with E-state index >= 15 is 0 Å². The first-order valence-corrected chi connectivity index (χ1v) is 9.04. The lowest BCUT2D eigenvalue weighted by Crippen LogP contribution is -2.34. The van der Waals surface area contributed by atoms with Gasteiger partial charge in [-0.15, -0.1) is 0 Å². The van der Waals surface area contributed by atoms with Crippen molar-refractivity contribution >= 4 is 16.7 Å². The summed E-state index contributed by atoms with van der Waals surface area (Å²) in [5.74, 6) is 2.11. The first-order valence-electron chi connectivity index (χ1n) is 9.04. The average Bonchev–Trinajstić information content (AvgIpc) is 2.64. The number of aromatic hydroxyl groups is 1. The van der Waals surface area contributed by atoms with E-state index in [1.54, 1.807) is 12.1 Å². The normalized spacial score (nSPS) is 12.5. The molecule has 3 aromatic rings. The maximum absolute atomic E-state index is 10.2. The number of aromatic nitrogens is 2. The van der Waals surface area contributed by atoms with Crippen LogP contribution in [-0.4, -0.2) is 34.7 Å². The topological polar surface area (TPSA) is 70.1 Å². The Morgan fingerprint density at radius 3 is 2.46 bits per heavy atom. The zero-order chi connectivity index (χ0) is 18.5. The summed E-state index contributed by atoms with van der Waals surface area (Å²) < 4.78 is 0. The second-order valence-corrected chi connectivity index (χ2v) is 6.93. The fourth-order valence-electron chi connectivity index (χ4n) is 3.09. The number of hydrogen-bond acceptors (Lipinski definition) is 5. The highest BCUT2D eigenvalue weighted by Gasteiger charge is 2.14. The number of para-hydroxylation sites is 2. The second-order valence-electron chi connectivity index (χ2n) is 6.93. The van der Waals surface area contributed by atoms with E-state index in [9.17, 15) is 5.11 Å². The van der Waals surface area contributed by atoms with Gasteiger partial charge in [-0.1, -0.05) is 38.1 Å². The molecule has 1 aromatic heterocycles. The van der Waals surface area contributed by atoms with Crippen molar-refractivity contribution in [2.24, 2.45) is 5.92 Å². The highest BCUT2D eigenvalue weighted by Crippen LogP contribution is 2.29. The van der Waals surface area contributed by atoms with Crippen molar-refractivity contribution in [2.75, 3.05) is 18.9 Å². The molecule has 0 spiro atoms. The molecule has 0 amide bonds. The fraction of sp³-hybridized carbons (Fsp3) is 0.333. The van der Waals surface area contributed by atoms with Crippen molar-refractivity contribution in [3.63, 3.8) is 0 Å². The molecule has 26 heavy (non-hydrogen) atoms. The summed E-state index contributed by atoms with van der Waals surface area (Å²) in [7, 11) is 1.99. The molecule has 0 fully saturated rings. The molecule has 3 rings (SSSR count). The summed E-state index contributed by atoms with van der Waals surface area (Å²) >= 11 is 0. The Kier molecular flexibility index (Phi) is 5.68. The Hall–Kier alpha value is -2.66. The number of phenols is 1. The Morgan fingerprint density at radius 1 is 1.00 bits per heavy atom. The summed E-state index contributed by atoms with van der Waals surface area (Å²) in [6.07, 6.45) is 1.08. The van der Waals surface area contributed by atoms with Gasteiger partial charge in [0.2, 0.25) is 0 Å². The third kappa shape index (κ3) is 4.11. The van der Waals surface area contributed by atoms with E-state index in [4.69, 9.17) is 4.98 Å². The quantitative estimate of drug-likeness (QED) is 0.600. The smallest absolute Gasteiger partial charge is 0.165 e. The number of nitrogens with one attached hydrogen (secondary N) is 2. The fourth-order valence-corrected chi connectivity index (χ4v) is 3.09. The average molecular weight is 350 g/mol. The van der Waals surface area contributed by atoms with Gasteiger partial charge in [0.05, 0.1) is 11.1 Å². The predicted octanol–water partition coefficient (Wildman–Crippen LogP) is 4.05. The minimum atomic E-state index is 0.182. The van der Waals surface area contributed by atoms with E-state index in [2.05, 4.69) is 29.5 Å². The van der Waals surface area contributed by atoms with Crippen LogP contribution in [0.15, 0.2) is 48.5 Å². The maximum atomic E-state index is 10.2. The zero-order valence-electron chi connectivity index (χ0n) is 15.5. The van der Waals surface area contributed by atoms with Crippen LogP contribution < -0.4 is 10.6 Å². The summed E-state index contributed by atoms with van der Waals surface area (Å²) in [5.41, 5.74) is 1.49. The molecular weight excluding hydrogens is 324 g/mol. The van der Waals surface area contributed by atoms with Crippen molar-refractivity contribution < 1.29 is 5.11 Å². The van der Waals surface area contributed by atoms with Gasteiger partial charge in [-0.05, 0) is 43.7 Å². The lowest BCUT2D eigenvalue weighted by Gasteiger charge is -2.20. The van der Waals surface area contributed by atoms with Gasteiger partial charge in [-0.3, -0.25) is 0 Å². The monoisotopic (exact) mass is 350 g/mol. The van der Waals surface area contributed by atoms with Gasteiger partial charge in [-0.25, -0.2) is 9.97 Å². The molecule has 136 valence electrons. The van der Waals surface area contributed by atoms with Crippen molar-refractivity contribution in [3.05, 3.63) is 48.5 Å². The highest BCUT2D eigenvalue weighted by molar-refractivity contribution is 5.90. The molecule has 3 N–H and O–H groups in total. The van der Waals surface area contributed by atoms with E-state index in [-0.39, 0.29) is 5.75 Å². The van der Waals surface area contributed by atoms with E-state index in [1.165, 1.54) is 0 Å². The Morgan fingerprint density at radius 2 is 1.73 bits per heavy atom. The van der Waals surface area contributed by atoms with Gasteiger partial charge in [0.25, 0.3) is 0 Å². The minimum Gasteiger partial charge on any atom is -0.507 e. The van der Waals surface area contributed by atoms with Crippen LogP contribution in [0.5, 0.6) is 5.75 Å². The molecule has 5 heteroatoms. The number of fused-ring (bicyclic) bond motifs is 1. The summed E-state index contributed by atoms with van der Waals surface area (Å²) in [6.45, 7) is 5.22. The summed E-state index contributed by atoms with van der Waals surface area (Å²) in [4.78, 5) is 9.34. The van der Waals surface area contributed by atoms with Crippen LogP contribution in [0.1, 0.15) is 20.3 Å². The van der Waals surface area contributed by atoms with Crippen LogP contribution in [0.25, 0.3) is 22.3 Å². The molecule has 1 heterocycles. The number of likely N-dealkylation sites (N-methyl/N-ethyl adjacent to an activating group) is 1. The Labute approximate surface area is 154 Å². The van der Waals surface area contributed by atoms with Crippen LogP contribution in [0.3, 0.4) is 0 Å². The van der Waals surface area contributed by atoms with E-state index < -0.39 is 0 Å². The van der Waals surface area contributed by atoms with Crippen LogP contribution in [0.4, 0.5) is 5.82 Å². The maximum Gasteiger partial charge on any atom is 0.165 e. The Balaban J connectivity index is 1.97.